The molecule has 3 aromatic carbocycles. The molecule has 0 fully saturated rings. The van der Waals surface area contributed by atoms with Gasteiger partial charge in [-0.3, -0.25) is 4.79 Å². The Kier molecular flexibility index (Phi) is 8.39. The number of amides is 1. The second-order valence-corrected chi connectivity index (χ2v) is 8.20. The van der Waals surface area contributed by atoms with Crippen LogP contribution in [0.15, 0.2) is 64.2 Å². The molecular weight excluding hydrogens is 519 g/mol. The normalized spacial score (nSPS) is 10.9. The van der Waals surface area contributed by atoms with Crippen molar-refractivity contribution in [3.63, 3.8) is 0 Å². The van der Waals surface area contributed by atoms with Gasteiger partial charge >= 0.3 is 0 Å². The number of phenolic OH excluding ortho intramolecular Hbond substituents is 1. The second kappa shape index (κ2) is 11.2. The van der Waals surface area contributed by atoms with E-state index >= 15 is 0 Å². The van der Waals surface area contributed by atoms with Gasteiger partial charge in [-0.15, -0.1) is 0 Å². The number of phenols is 1. The van der Waals surface area contributed by atoms with E-state index in [1.807, 2.05) is 6.92 Å². The molecule has 166 valence electrons. The van der Waals surface area contributed by atoms with Crippen molar-refractivity contribution >= 4 is 51.3 Å². The van der Waals surface area contributed by atoms with Crippen LogP contribution in [0.4, 0.5) is 0 Å². The van der Waals surface area contributed by atoms with Gasteiger partial charge in [-0.05, 0) is 64.8 Å². The predicted molar refractivity (Wildman–Crippen MR) is 129 cm³/mol. The van der Waals surface area contributed by atoms with Crippen LogP contribution >= 0.6 is 39.1 Å². The summed E-state index contributed by atoms with van der Waals surface area (Å²) >= 11 is 15.7. The largest absolute Gasteiger partial charge is 0.507 e. The van der Waals surface area contributed by atoms with Gasteiger partial charge in [0.15, 0.2) is 11.5 Å². The minimum Gasteiger partial charge on any atom is -0.507 e. The Morgan fingerprint density at radius 3 is 2.66 bits per heavy atom. The van der Waals surface area contributed by atoms with Gasteiger partial charge in [0.25, 0.3) is 5.91 Å². The van der Waals surface area contributed by atoms with Crippen molar-refractivity contribution in [1.29, 1.82) is 0 Å². The van der Waals surface area contributed by atoms with Crippen LogP contribution in [0.3, 0.4) is 0 Å². The fourth-order valence-electron chi connectivity index (χ4n) is 2.75. The smallest absolute Gasteiger partial charge is 0.275 e. The number of rotatable bonds is 8. The van der Waals surface area contributed by atoms with E-state index in [4.69, 9.17) is 32.7 Å². The fraction of sp³-hybridized carbons (Fsp3) is 0.130. The average molecular weight is 538 g/mol. The Bertz CT molecular complexity index is 1150. The highest BCUT2D eigenvalue weighted by Crippen LogP contribution is 2.37. The van der Waals surface area contributed by atoms with E-state index in [2.05, 4.69) is 26.5 Å². The monoisotopic (exact) mass is 536 g/mol. The van der Waals surface area contributed by atoms with Crippen LogP contribution in [0.2, 0.25) is 10.0 Å². The molecule has 3 rings (SSSR count). The molecule has 0 radical (unpaired) electrons. The van der Waals surface area contributed by atoms with Crippen LogP contribution in [0.5, 0.6) is 17.2 Å². The highest BCUT2D eigenvalue weighted by atomic mass is 79.9. The molecule has 0 saturated heterocycles. The number of hydrogen-bond acceptors (Lipinski definition) is 5. The molecule has 0 aliphatic carbocycles. The summed E-state index contributed by atoms with van der Waals surface area (Å²) in [6.07, 6.45) is 1.46. The third-order valence-corrected chi connectivity index (χ3v) is 5.42. The molecule has 6 nitrogen and oxygen atoms in total. The van der Waals surface area contributed by atoms with E-state index in [-0.39, 0.29) is 17.9 Å². The Morgan fingerprint density at radius 1 is 1.16 bits per heavy atom. The van der Waals surface area contributed by atoms with Gasteiger partial charge in [-0.1, -0.05) is 41.4 Å². The maximum atomic E-state index is 12.2. The van der Waals surface area contributed by atoms with Crippen LogP contribution in [0.1, 0.15) is 28.4 Å². The summed E-state index contributed by atoms with van der Waals surface area (Å²) < 4.78 is 12.3. The van der Waals surface area contributed by atoms with Crippen LogP contribution in [-0.4, -0.2) is 23.8 Å². The number of halogens is 3. The molecule has 0 bridgehead atoms. The number of nitrogens with one attached hydrogen (secondary N) is 1. The summed E-state index contributed by atoms with van der Waals surface area (Å²) in [5, 5.41) is 14.8. The predicted octanol–water partition coefficient (Wildman–Crippen LogP) is 6.20. The van der Waals surface area contributed by atoms with Crippen LogP contribution in [0, 0.1) is 0 Å². The number of hydrazone groups is 1. The van der Waals surface area contributed by atoms with Gasteiger partial charge in [0.2, 0.25) is 0 Å². The van der Waals surface area contributed by atoms with E-state index in [1.54, 1.807) is 42.5 Å². The van der Waals surface area contributed by atoms with Gasteiger partial charge in [0, 0.05) is 15.6 Å². The minimum atomic E-state index is -0.525. The van der Waals surface area contributed by atoms with Crippen LogP contribution in [0.25, 0.3) is 0 Å². The molecule has 0 spiro atoms. The van der Waals surface area contributed by atoms with Crippen molar-refractivity contribution < 1.29 is 19.4 Å². The molecule has 0 unspecified atom stereocenters. The van der Waals surface area contributed by atoms with Crippen molar-refractivity contribution in [3.8, 4) is 17.2 Å². The van der Waals surface area contributed by atoms with Gasteiger partial charge in [-0.25, -0.2) is 5.43 Å². The van der Waals surface area contributed by atoms with Gasteiger partial charge < -0.3 is 14.6 Å². The zero-order valence-electron chi connectivity index (χ0n) is 16.9. The maximum Gasteiger partial charge on any atom is 0.275 e. The number of aromatic hydroxyl groups is 1. The van der Waals surface area contributed by atoms with Crippen molar-refractivity contribution in [2.75, 3.05) is 6.61 Å². The maximum absolute atomic E-state index is 12.2. The molecule has 0 aliphatic heterocycles. The molecule has 2 N–H and O–H groups in total. The summed E-state index contributed by atoms with van der Waals surface area (Å²) in [5.41, 5.74) is 3.96. The lowest BCUT2D eigenvalue weighted by Gasteiger charge is -2.15. The molecule has 9 heteroatoms. The van der Waals surface area contributed by atoms with Crippen LogP contribution in [-0.2, 0) is 6.61 Å². The van der Waals surface area contributed by atoms with Crippen LogP contribution < -0.4 is 14.9 Å². The number of para-hydroxylation sites is 1. The fourth-order valence-corrected chi connectivity index (χ4v) is 3.78. The number of carbonyl (C=O) groups excluding carboxylic acids is 1. The molecule has 0 heterocycles. The third kappa shape index (κ3) is 6.16. The first-order valence-corrected chi connectivity index (χ1v) is 11.1. The van der Waals surface area contributed by atoms with E-state index in [0.717, 1.165) is 5.56 Å². The molecule has 3 aromatic rings. The third-order valence-electron chi connectivity index (χ3n) is 4.25. The Morgan fingerprint density at radius 2 is 1.94 bits per heavy atom. The van der Waals surface area contributed by atoms with Crippen molar-refractivity contribution in [2.45, 2.75) is 13.5 Å². The van der Waals surface area contributed by atoms with E-state index in [9.17, 15) is 9.90 Å². The molecular formula is C23H19BrCl2N2O4. The summed E-state index contributed by atoms with van der Waals surface area (Å²) in [4.78, 5) is 12.2. The highest BCUT2D eigenvalue weighted by Gasteiger charge is 2.14. The van der Waals surface area contributed by atoms with E-state index in [0.29, 0.717) is 38.2 Å². The summed E-state index contributed by atoms with van der Waals surface area (Å²) in [6.45, 7) is 2.51. The molecule has 0 aliphatic rings. The van der Waals surface area contributed by atoms with Gasteiger partial charge in [0.1, 0.15) is 12.4 Å². The van der Waals surface area contributed by atoms with Crippen molar-refractivity contribution in [3.05, 3.63) is 85.8 Å². The minimum absolute atomic E-state index is 0.121. The number of ether oxygens (including phenoxy) is 2. The quantitative estimate of drug-likeness (QED) is 0.264. The lowest BCUT2D eigenvalue weighted by Crippen LogP contribution is -2.17. The topological polar surface area (TPSA) is 80.2 Å². The SMILES string of the molecule is CCOc1cc(C=NNC(=O)c2ccccc2O)cc(Br)c1OCc1ccc(Cl)cc1Cl. The van der Waals surface area contributed by atoms with E-state index in [1.165, 1.54) is 18.3 Å². The zero-order chi connectivity index (χ0) is 23.1. The van der Waals surface area contributed by atoms with Gasteiger partial charge in [0.05, 0.1) is 22.9 Å². The number of benzene rings is 3. The number of nitrogens with zero attached hydrogens (tertiary/aromatic N) is 1. The first-order chi connectivity index (χ1) is 15.4. The molecule has 1 amide bonds. The van der Waals surface area contributed by atoms with Gasteiger partial charge in [-0.2, -0.15) is 5.10 Å². The number of carbonyl (C=O) groups is 1. The average Bonchev–Trinajstić information content (AvgIpc) is 2.75. The Hall–Kier alpha value is -2.74. The first kappa shape index (κ1) is 23.9. The summed E-state index contributed by atoms with van der Waals surface area (Å²) in [6, 6.07) is 14.9. The molecule has 0 atom stereocenters. The molecule has 0 saturated carbocycles. The summed E-state index contributed by atoms with van der Waals surface area (Å²) in [5.74, 6) is 0.362. The summed E-state index contributed by atoms with van der Waals surface area (Å²) in [7, 11) is 0. The molecule has 32 heavy (non-hydrogen) atoms. The van der Waals surface area contributed by atoms with Crippen molar-refractivity contribution in [1.82, 2.24) is 5.43 Å². The number of hydrogen-bond donors (Lipinski definition) is 2. The zero-order valence-corrected chi connectivity index (χ0v) is 20.0. The first-order valence-electron chi connectivity index (χ1n) is 9.53. The Balaban J connectivity index is 1.75. The highest BCUT2D eigenvalue weighted by molar-refractivity contribution is 9.10. The lowest BCUT2D eigenvalue weighted by molar-refractivity contribution is 0.0952. The Labute approximate surface area is 203 Å². The standard InChI is InChI=1S/C23H19BrCl2N2O4/c1-2-31-21-10-14(12-27-28-23(30)17-5-3-4-6-20(17)29)9-18(24)22(21)32-13-15-7-8-16(25)11-19(15)26/h3-12,29H,2,13H2,1H3,(H,28,30). The van der Waals surface area contributed by atoms with Crippen molar-refractivity contribution in [2.24, 2.45) is 5.10 Å². The van der Waals surface area contributed by atoms with E-state index < -0.39 is 5.91 Å². The second-order valence-electron chi connectivity index (χ2n) is 6.50. The lowest BCUT2D eigenvalue weighted by atomic mass is 10.2. The molecule has 0 aromatic heterocycles.